The topological polar surface area (TPSA) is 100 Å². The molecule has 14 heavy (non-hydrogen) atoms. The minimum Gasteiger partial charge on any atom is -0.281 e. The molecule has 9 heteroatoms. The average molecular weight is 232 g/mol. The zero-order chi connectivity index (χ0) is 10.3. The Morgan fingerprint density at radius 1 is 1.57 bits per heavy atom. The molecule has 0 unspecified atom stereocenters. The van der Waals surface area contributed by atoms with Gasteiger partial charge in [-0.3, -0.25) is 8.95 Å². The Bertz CT molecular complexity index is 640. The zero-order valence-corrected chi connectivity index (χ0v) is 8.21. The van der Waals surface area contributed by atoms with E-state index in [1.54, 1.807) is 0 Å². The molecule has 2 aromatic rings. The molecule has 2 N–H and O–H groups in total. The molecular formula is C5H4N4O3S2. The van der Waals surface area contributed by atoms with Crippen molar-refractivity contribution in [2.24, 2.45) is 0 Å². The summed E-state index contributed by atoms with van der Waals surface area (Å²) < 4.78 is 31.8. The van der Waals surface area contributed by atoms with Crippen molar-refractivity contribution in [2.75, 3.05) is 0 Å². The van der Waals surface area contributed by atoms with Crippen LogP contribution in [0.5, 0.6) is 0 Å². The van der Waals surface area contributed by atoms with Gasteiger partial charge >= 0.3 is 10.1 Å². The Hall–Kier alpha value is -1.32. The van der Waals surface area contributed by atoms with Crippen LogP contribution in [0.1, 0.15) is 0 Å². The number of aromatic amines is 1. The van der Waals surface area contributed by atoms with Gasteiger partial charge in [0.05, 0.1) is 0 Å². The second-order valence-electron chi connectivity index (χ2n) is 2.46. The van der Waals surface area contributed by atoms with Gasteiger partial charge in [0.25, 0.3) is 0 Å². The predicted octanol–water partition coefficient (Wildman–Crippen LogP) is 0.0336. The van der Waals surface area contributed by atoms with Gasteiger partial charge < -0.3 is 0 Å². The predicted molar refractivity (Wildman–Crippen MR) is 48.0 cm³/mol. The fraction of sp³-hybridized carbons (Fsp3) is 0. The van der Waals surface area contributed by atoms with Crippen LogP contribution in [0.2, 0.25) is 0 Å². The Morgan fingerprint density at radius 2 is 2.29 bits per heavy atom. The number of aromatic nitrogens is 4. The SMILES string of the molecule is O=S(=O)(O)c1cc(=S)n2cn[nH]c2n1. The van der Waals surface area contributed by atoms with E-state index < -0.39 is 15.1 Å². The molecule has 74 valence electrons. The van der Waals surface area contributed by atoms with E-state index in [0.29, 0.717) is 0 Å². The fourth-order valence-electron chi connectivity index (χ4n) is 0.937. The molecule has 0 bridgehead atoms. The number of nitrogens with zero attached hydrogens (tertiary/aromatic N) is 3. The Balaban J connectivity index is 2.91. The summed E-state index contributed by atoms with van der Waals surface area (Å²) in [5.74, 6) is 0.158. The molecule has 0 aromatic carbocycles. The summed E-state index contributed by atoms with van der Waals surface area (Å²) in [7, 11) is -4.33. The zero-order valence-electron chi connectivity index (χ0n) is 6.58. The highest BCUT2D eigenvalue weighted by Crippen LogP contribution is 2.06. The van der Waals surface area contributed by atoms with E-state index in [1.165, 1.54) is 10.7 Å². The summed E-state index contributed by atoms with van der Waals surface area (Å²) in [5, 5.41) is 5.56. The normalized spacial score (nSPS) is 12.1. The summed E-state index contributed by atoms with van der Waals surface area (Å²) in [6.45, 7) is 0. The number of rotatable bonds is 1. The summed E-state index contributed by atoms with van der Waals surface area (Å²) in [6, 6.07) is 1.08. The second kappa shape index (κ2) is 2.83. The van der Waals surface area contributed by atoms with Gasteiger partial charge in [-0.25, -0.2) is 5.10 Å². The molecule has 0 aliphatic carbocycles. The van der Waals surface area contributed by atoms with Gasteiger partial charge in [0, 0.05) is 6.07 Å². The van der Waals surface area contributed by atoms with Gasteiger partial charge in [-0.2, -0.15) is 18.5 Å². The highest BCUT2D eigenvalue weighted by molar-refractivity contribution is 7.85. The molecule has 0 fully saturated rings. The molecule has 7 nitrogen and oxygen atoms in total. The van der Waals surface area contributed by atoms with Gasteiger partial charge in [-0.05, 0) is 0 Å². The molecule has 0 saturated carbocycles. The molecule has 0 aliphatic rings. The van der Waals surface area contributed by atoms with Gasteiger partial charge in [0.1, 0.15) is 11.0 Å². The van der Waals surface area contributed by atoms with Crippen LogP contribution in [0.3, 0.4) is 0 Å². The number of nitrogens with one attached hydrogen (secondary N) is 1. The van der Waals surface area contributed by atoms with Crippen molar-refractivity contribution in [1.82, 2.24) is 19.6 Å². The molecule has 2 rings (SSSR count). The van der Waals surface area contributed by atoms with E-state index in [9.17, 15) is 8.42 Å². The molecule has 2 aromatic heterocycles. The lowest BCUT2D eigenvalue weighted by atomic mass is 10.7. The fourth-order valence-corrected chi connectivity index (χ4v) is 1.72. The number of hydrogen-bond donors (Lipinski definition) is 2. The van der Waals surface area contributed by atoms with Crippen LogP contribution in [-0.2, 0) is 10.1 Å². The second-order valence-corrected chi connectivity index (χ2v) is 4.24. The van der Waals surface area contributed by atoms with Crippen molar-refractivity contribution in [3.8, 4) is 0 Å². The molecule has 0 saturated heterocycles. The first-order valence-electron chi connectivity index (χ1n) is 3.39. The summed E-state index contributed by atoms with van der Waals surface area (Å²) >= 11 is 4.85. The molecule has 0 aliphatic heterocycles. The van der Waals surface area contributed by atoms with E-state index >= 15 is 0 Å². The van der Waals surface area contributed by atoms with Gasteiger partial charge in [0.15, 0.2) is 5.03 Å². The van der Waals surface area contributed by atoms with Crippen LogP contribution in [0.4, 0.5) is 0 Å². The first kappa shape index (κ1) is 9.24. The Kier molecular flexibility index (Phi) is 1.87. The minimum atomic E-state index is -4.33. The maximum Gasteiger partial charge on any atom is 0.312 e. The maximum absolute atomic E-state index is 10.8. The average Bonchev–Trinajstić information content (AvgIpc) is 2.50. The summed E-state index contributed by atoms with van der Waals surface area (Å²) in [4.78, 5) is 3.61. The van der Waals surface area contributed by atoms with Gasteiger partial charge in [-0.1, -0.05) is 12.2 Å². The van der Waals surface area contributed by atoms with E-state index in [1.807, 2.05) is 0 Å². The van der Waals surface area contributed by atoms with Crippen molar-refractivity contribution >= 4 is 28.1 Å². The van der Waals surface area contributed by atoms with E-state index in [4.69, 9.17) is 16.8 Å². The van der Waals surface area contributed by atoms with Crippen LogP contribution in [0, 0.1) is 4.64 Å². The first-order chi connectivity index (χ1) is 6.48. The van der Waals surface area contributed by atoms with Crippen LogP contribution in [0.15, 0.2) is 17.4 Å². The van der Waals surface area contributed by atoms with Crippen molar-refractivity contribution in [1.29, 1.82) is 0 Å². The largest absolute Gasteiger partial charge is 0.312 e. The monoisotopic (exact) mass is 232 g/mol. The van der Waals surface area contributed by atoms with Crippen LogP contribution in [-0.4, -0.2) is 32.6 Å². The summed E-state index contributed by atoms with van der Waals surface area (Å²) in [5.41, 5.74) is 0. The highest BCUT2D eigenvalue weighted by Gasteiger charge is 2.13. The molecule has 0 radical (unpaired) electrons. The third kappa shape index (κ3) is 1.41. The lowest BCUT2D eigenvalue weighted by Gasteiger charge is -1.96. The molecule has 0 amide bonds. The molecule has 0 atom stereocenters. The number of hydrogen-bond acceptors (Lipinski definition) is 5. The smallest absolute Gasteiger partial charge is 0.281 e. The van der Waals surface area contributed by atoms with Crippen molar-refractivity contribution in [3.05, 3.63) is 17.0 Å². The number of H-pyrrole nitrogens is 1. The van der Waals surface area contributed by atoms with E-state index in [2.05, 4.69) is 15.2 Å². The number of fused-ring (bicyclic) bond motifs is 1. The summed E-state index contributed by atoms with van der Waals surface area (Å²) in [6.07, 6.45) is 1.36. The van der Waals surface area contributed by atoms with Crippen molar-refractivity contribution < 1.29 is 13.0 Å². The standard InChI is InChI=1S/C5H4N4O3S2/c10-14(11,12)3-1-4(13)9-2-6-8-5(9)7-3/h1-2H,(H,7,8)(H,10,11,12). The molecular weight excluding hydrogens is 228 g/mol. The van der Waals surface area contributed by atoms with E-state index in [-0.39, 0.29) is 10.4 Å². The van der Waals surface area contributed by atoms with Crippen LogP contribution in [0.25, 0.3) is 5.78 Å². The van der Waals surface area contributed by atoms with Crippen LogP contribution < -0.4 is 0 Å². The van der Waals surface area contributed by atoms with Gasteiger partial charge in [0.2, 0.25) is 5.78 Å². The van der Waals surface area contributed by atoms with E-state index in [0.717, 1.165) is 6.07 Å². The quantitative estimate of drug-likeness (QED) is 0.409. The van der Waals surface area contributed by atoms with Crippen molar-refractivity contribution in [2.45, 2.75) is 5.03 Å². The lowest BCUT2D eigenvalue weighted by Crippen LogP contribution is -2.03. The third-order valence-corrected chi connectivity index (χ3v) is 2.58. The molecule has 0 spiro atoms. The first-order valence-corrected chi connectivity index (χ1v) is 5.23. The van der Waals surface area contributed by atoms with Gasteiger partial charge in [-0.15, -0.1) is 0 Å². The highest BCUT2D eigenvalue weighted by atomic mass is 32.2. The molecule has 2 heterocycles. The van der Waals surface area contributed by atoms with Crippen LogP contribution >= 0.6 is 12.2 Å². The van der Waals surface area contributed by atoms with Crippen molar-refractivity contribution in [3.63, 3.8) is 0 Å². The maximum atomic E-state index is 10.8. The third-order valence-electron chi connectivity index (χ3n) is 1.53. The Morgan fingerprint density at radius 3 is 2.93 bits per heavy atom. The Labute approximate surface area is 83.2 Å². The minimum absolute atomic E-state index is 0.158. The lowest BCUT2D eigenvalue weighted by molar-refractivity contribution is 0.479.